The fourth-order valence-corrected chi connectivity index (χ4v) is 0.111. The van der Waals surface area contributed by atoms with Crippen LogP contribution in [0.5, 0.6) is 0 Å². The van der Waals surface area contributed by atoms with E-state index in [-0.39, 0.29) is 19.5 Å². The molecule has 0 aromatic carbocycles. The summed E-state index contributed by atoms with van der Waals surface area (Å²) >= 11 is 0. The Morgan fingerprint density at radius 3 is 1.89 bits per heavy atom. The van der Waals surface area contributed by atoms with Gasteiger partial charge in [-0.1, -0.05) is 13.8 Å². The minimum absolute atomic E-state index is 0. The Bertz CT molecular complexity index is 55.6. The average Bonchev–Trinajstić information content (AvgIpc) is 1.71. The Hall–Kier alpha value is 0.103. The molecule has 54 valence electrons. The normalized spacial score (nSPS) is 7.00. The summed E-state index contributed by atoms with van der Waals surface area (Å²) in [6.07, 6.45) is 6.15. The molecule has 0 fully saturated rings. The molecule has 0 spiro atoms. The molecule has 0 saturated heterocycles. The van der Waals surface area contributed by atoms with E-state index >= 15 is 0 Å². The minimum atomic E-state index is 0. The fraction of sp³-hybridized carbons (Fsp3) is 0.375. The van der Waals surface area contributed by atoms with Crippen LogP contribution in [0.1, 0.15) is 20.3 Å². The van der Waals surface area contributed by atoms with Gasteiger partial charge in [-0.25, -0.2) is 12.2 Å². The van der Waals surface area contributed by atoms with Crippen LogP contribution in [0.3, 0.4) is 0 Å². The SMILES string of the molecule is [CH-]=CC=CC.[CH2-]CC.[Ru+2]. The average molecular weight is 211 g/mol. The zero-order chi connectivity index (χ0) is 6.83. The van der Waals surface area contributed by atoms with Crippen molar-refractivity contribution >= 4 is 0 Å². The van der Waals surface area contributed by atoms with Crippen molar-refractivity contribution < 1.29 is 19.5 Å². The summed E-state index contributed by atoms with van der Waals surface area (Å²) in [6, 6.07) is 0. The standard InChI is InChI=1S/C5H7.C3H7.Ru/c1-3-5-4-2;1-3-2;/h1,3-5H,2H3;1,3H2,2H3;/q2*-1;+2. The second kappa shape index (κ2) is 24.3. The molecule has 0 aliphatic rings. The van der Waals surface area contributed by atoms with Gasteiger partial charge in [-0.15, -0.1) is 0 Å². The first-order chi connectivity index (χ1) is 3.83. The van der Waals surface area contributed by atoms with Gasteiger partial charge < -0.3 is 6.92 Å². The molecule has 0 aliphatic carbocycles. The molecule has 0 heterocycles. The fourth-order valence-electron chi connectivity index (χ4n) is 0.111. The summed E-state index contributed by atoms with van der Waals surface area (Å²) in [5, 5.41) is 0. The zero-order valence-corrected chi connectivity index (χ0v) is 7.82. The van der Waals surface area contributed by atoms with E-state index in [0.717, 1.165) is 6.42 Å². The summed E-state index contributed by atoms with van der Waals surface area (Å²) in [5.41, 5.74) is 0. The molecule has 0 N–H and O–H groups in total. The molecule has 0 rings (SSSR count). The Labute approximate surface area is 71.8 Å². The molecule has 1 heteroatoms. The van der Waals surface area contributed by atoms with Gasteiger partial charge in [-0.3, -0.25) is 6.58 Å². The summed E-state index contributed by atoms with van der Waals surface area (Å²) in [5.74, 6) is 0. The van der Waals surface area contributed by atoms with Crippen LogP contribution in [0.25, 0.3) is 0 Å². The molecule has 0 aromatic rings. The molecule has 0 unspecified atom stereocenters. The molecule has 0 atom stereocenters. The van der Waals surface area contributed by atoms with Gasteiger partial charge in [0.1, 0.15) is 0 Å². The van der Waals surface area contributed by atoms with Crippen LogP contribution < -0.4 is 0 Å². The van der Waals surface area contributed by atoms with Crippen molar-refractivity contribution in [3.05, 3.63) is 31.7 Å². The van der Waals surface area contributed by atoms with Crippen LogP contribution in [0, 0.1) is 13.5 Å². The topological polar surface area (TPSA) is 0 Å². The largest absolute Gasteiger partial charge is 2.00 e. The molecule has 0 aromatic heterocycles. The summed E-state index contributed by atoms with van der Waals surface area (Å²) in [4.78, 5) is 0. The Morgan fingerprint density at radius 1 is 1.56 bits per heavy atom. The van der Waals surface area contributed by atoms with Crippen LogP contribution in [0.2, 0.25) is 0 Å². The third kappa shape index (κ3) is 68.2. The number of hydrogen-bond donors (Lipinski definition) is 0. The second-order valence-electron chi connectivity index (χ2n) is 1.22. The molecule has 0 aliphatic heterocycles. The van der Waals surface area contributed by atoms with E-state index in [2.05, 4.69) is 6.92 Å². The molecule has 0 radical (unpaired) electrons. The molecule has 9 heavy (non-hydrogen) atoms. The van der Waals surface area contributed by atoms with E-state index in [1.54, 1.807) is 6.08 Å². The Balaban J connectivity index is -0.0000000800. The van der Waals surface area contributed by atoms with Gasteiger partial charge in [-0.2, -0.15) is 12.5 Å². The predicted octanol–water partition coefficient (Wildman–Crippen LogP) is 2.78. The quantitative estimate of drug-likeness (QED) is 0.355. The van der Waals surface area contributed by atoms with Crippen LogP contribution in [0.15, 0.2) is 18.2 Å². The first kappa shape index (κ1) is 16.0. The molecular formula is C8H14Ru. The van der Waals surface area contributed by atoms with Gasteiger partial charge >= 0.3 is 19.5 Å². The van der Waals surface area contributed by atoms with E-state index in [4.69, 9.17) is 6.58 Å². The van der Waals surface area contributed by atoms with E-state index in [1.165, 1.54) is 6.08 Å². The Morgan fingerprint density at radius 2 is 1.89 bits per heavy atom. The summed E-state index contributed by atoms with van der Waals surface area (Å²) in [7, 11) is 0. The molecule has 0 bridgehead atoms. The van der Waals surface area contributed by atoms with E-state index < -0.39 is 0 Å². The van der Waals surface area contributed by atoms with E-state index in [0.29, 0.717) is 0 Å². The Kier molecular flexibility index (Phi) is 43.3. The minimum Gasteiger partial charge on any atom is -0.344 e. The molecule has 0 nitrogen and oxygen atoms in total. The van der Waals surface area contributed by atoms with Crippen LogP contribution >= 0.6 is 0 Å². The van der Waals surface area contributed by atoms with Gasteiger partial charge in [-0.05, 0) is 0 Å². The van der Waals surface area contributed by atoms with Crippen molar-refractivity contribution in [3.8, 4) is 0 Å². The molecule has 0 saturated carbocycles. The van der Waals surface area contributed by atoms with Crippen molar-refractivity contribution in [2.75, 3.05) is 0 Å². The maximum absolute atomic E-state index is 4.93. The monoisotopic (exact) mass is 212 g/mol. The van der Waals surface area contributed by atoms with Gasteiger partial charge in [0, 0.05) is 0 Å². The smallest absolute Gasteiger partial charge is 0.344 e. The first-order valence-electron chi connectivity index (χ1n) is 2.78. The third-order valence-corrected chi connectivity index (χ3v) is 0.304. The third-order valence-electron chi connectivity index (χ3n) is 0.304. The maximum atomic E-state index is 4.93. The number of hydrogen-bond acceptors (Lipinski definition) is 0. The first-order valence-corrected chi connectivity index (χ1v) is 2.78. The van der Waals surface area contributed by atoms with Crippen molar-refractivity contribution in [2.45, 2.75) is 20.3 Å². The summed E-state index contributed by atoms with van der Waals surface area (Å²) < 4.78 is 0. The number of rotatable bonds is 1. The van der Waals surface area contributed by atoms with Crippen molar-refractivity contribution in [1.82, 2.24) is 0 Å². The number of allylic oxidation sites excluding steroid dienone is 3. The van der Waals surface area contributed by atoms with Crippen LogP contribution in [0.4, 0.5) is 0 Å². The molecular weight excluding hydrogens is 197 g/mol. The van der Waals surface area contributed by atoms with Crippen LogP contribution in [-0.2, 0) is 19.5 Å². The van der Waals surface area contributed by atoms with Gasteiger partial charge in [0.25, 0.3) is 0 Å². The predicted molar refractivity (Wildman–Crippen MR) is 39.3 cm³/mol. The van der Waals surface area contributed by atoms with Gasteiger partial charge in [0.15, 0.2) is 0 Å². The summed E-state index contributed by atoms with van der Waals surface area (Å²) in [6.45, 7) is 12.3. The second-order valence-corrected chi connectivity index (χ2v) is 1.22. The van der Waals surface area contributed by atoms with Crippen molar-refractivity contribution in [2.24, 2.45) is 0 Å². The van der Waals surface area contributed by atoms with Crippen LogP contribution in [-0.4, -0.2) is 0 Å². The van der Waals surface area contributed by atoms with Crippen molar-refractivity contribution in [1.29, 1.82) is 0 Å². The van der Waals surface area contributed by atoms with Gasteiger partial charge in [0.05, 0.1) is 0 Å². The van der Waals surface area contributed by atoms with E-state index in [9.17, 15) is 0 Å². The maximum Gasteiger partial charge on any atom is 2.00 e. The zero-order valence-electron chi connectivity index (χ0n) is 6.08. The van der Waals surface area contributed by atoms with Gasteiger partial charge in [0.2, 0.25) is 0 Å². The van der Waals surface area contributed by atoms with E-state index in [1.807, 2.05) is 19.9 Å². The molecule has 0 amide bonds. The van der Waals surface area contributed by atoms with Crippen molar-refractivity contribution in [3.63, 3.8) is 0 Å².